The third kappa shape index (κ3) is 5.38. The Morgan fingerprint density at radius 3 is 2.67 bits per heavy atom. The van der Waals surface area contributed by atoms with Gasteiger partial charge in [0.05, 0.1) is 12.7 Å². The first-order valence-corrected chi connectivity index (χ1v) is 7.89. The molecular formula is C17H26N2O2. The van der Waals surface area contributed by atoms with Crippen molar-refractivity contribution in [2.75, 3.05) is 18.9 Å². The quantitative estimate of drug-likeness (QED) is 0.599. The summed E-state index contributed by atoms with van der Waals surface area (Å²) in [5.74, 6) is 0.274. The van der Waals surface area contributed by atoms with Crippen LogP contribution in [0.25, 0.3) is 0 Å². The number of rotatable bonds is 7. The molecule has 1 amide bonds. The number of ether oxygens (including phenoxy) is 1. The van der Waals surface area contributed by atoms with Crippen molar-refractivity contribution >= 4 is 11.6 Å². The highest BCUT2D eigenvalue weighted by atomic mass is 16.5. The lowest BCUT2D eigenvalue weighted by Crippen LogP contribution is -2.29. The lowest BCUT2D eigenvalue weighted by Gasteiger charge is -2.14. The van der Waals surface area contributed by atoms with Crippen LogP contribution < -0.4 is 11.1 Å². The summed E-state index contributed by atoms with van der Waals surface area (Å²) in [7, 11) is 0. The van der Waals surface area contributed by atoms with E-state index in [9.17, 15) is 4.79 Å². The van der Waals surface area contributed by atoms with Crippen molar-refractivity contribution in [1.29, 1.82) is 0 Å². The highest BCUT2D eigenvalue weighted by Gasteiger charge is 2.15. The molecule has 0 radical (unpaired) electrons. The zero-order chi connectivity index (χ0) is 15.1. The molecule has 0 heterocycles. The van der Waals surface area contributed by atoms with Crippen LogP contribution in [0.1, 0.15) is 50.5 Å². The van der Waals surface area contributed by atoms with Crippen molar-refractivity contribution in [3.63, 3.8) is 0 Å². The second-order valence-electron chi connectivity index (χ2n) is 5.90. The molecule has 3 N–H and O–H groups in total. The first-order chi connectivity index (χ1) is 10.1. The van der Waals surface area contributed by atoms with Gasteiger partial charge in [0.2, 0.25) is 5.91 Å². The van der Waals surface area contributed by atoms with E-state index >= 15 is 0 Å². The molecule has 4 nitrogen and oxygen atoms in total. The second-order valence-corrected chi connectivity index (χ2v) is 5.90. The maximum Gasteiger partial charge on any atom is 0.220 e. The molecule has 4 heteroatoms. The fraction of sp³-hybridized carbons (Fsp3) is 0.588. The maximum atomic E-state index is 11.9. The molecule has 1 atom stereocenters. The predicted molar refractivity (Wildman–Crippen MR) is 85.1 cm³/mol. The Balaban J connectivity index is 1.63. The van der Waals surface area contributed by atoms with Crippen LogP contribution >= 0.6 is 0 Å². The van der Waals surface area contributed by atoms with Gasteiger partial charge in [-0.25, -0.2) is 0 Å². The summed E-state index contributed by atoms with van der Waals surface area (Å²) < 4.78 is 5.73. The van der Waals surface area contributed by atoms with E-state index in [1.807, 2.05) is 24.3 Å². The van der Waals surface area contributed by atoms with Crippen LogP contribution in [0.2, 0.25) is 0 Å². The molecule has 0 spiro atoms. The van der Waals surface area contributed by atoms with Gasteiger partial charge in [-0.2, -0.15) is 0 Å². The Bertz CT molecular complexity index is 439. The standard InChI is InChI=1S/C17H26N2O2/c1-13(14-6-8-15(18)9-7-14)12-17(20)19-10-11-21-16-4-2-3-5-16/h6-9,13,16H,2-5,10-12,18H2,1H3,(H,19,20). The number of nitrogen functional groups attached to an aromatic ring is 1. The molecule has 0 bridgehead atoms. The van der Waals surface area contributed by atoms with Crippen molar-refractivity contribution in [2.24, 2.45) is 0 Å². The predicted octanol–water partition coefficient (Wildman–Crippen LogP) is 2.84. The van der Waals surface area contributed by atoms with Crippen LogP contribution in [-0.4, -0.2) is 25.2 Å². The lowest BCUT2D eigenvalue weighted by molar-refractivity contribution is -0.121. The molecular weight excluding hydrogens is 264 g/mol. The number of amides is 1. The number of carbonyl (C=O) groups is 1. The van der Waals surface area contributed by atoms with Gasteiger partial charge in [0.1, 0.15) is 0 Å². The maximum absolute atomic E-state index is 11.9. The van der Waals surface area contributed by atoms with E-state index < -0.39 is 0 Å². The van der Waals surface area contributed by atoms with Crippen molar-refractivity contribution in [3.8, 4) is 0 Å². The number of hydrogen-bond donors (Lipinski definition) is 2. The zero-order valence-electron chi connectivity index (χ0n) is 12.8. The third-order valence-electron chi connectivity index (χ3n) is 4.08. The Morgan fingerprint density at radius 2 is 2.00 bits per heavy atom. The van der Waals surface area contributed by atoms with Crippen LogP contribution in [0.4, 0.5) is 5.69 Å². The number of nitrogens with one attached hydrogen (secondary N) is 1. The number of benzene rings is 1. The van der Waals surface area contributed by atoms with E-state index in [4.69, 9.17) is 10.5 Å². The summed E-state index contributed by atoms with van der Waals surface area (Å²) in [6, 6.07) is 7.71. The van der Waals surface area contributed by atoms with Crippen LogP contribution in [-0.2, 0) is 9.53 Å². The van der Waals surface area contributed by atoms with Gasteiger partial charge in [0.25, 0.3) is 0 Å². The van der Waals surface area contributed by atoms with E-state index in [0.717, 1.165) is 11.3 Å². The van der Waals surface area contributed by atoms with Gasteiger partial charge >= 0.3 is 0 Å². The van der Waals surface area contributed by atoms with E-state index in [0.29, 0.717) is 25.7 Å². The molecule has 116 valence electrons. The van der Waals surface area contributed by atoms with Crippen LogP contribution in [0, 0.1) is 0 Å². The second kappa shape index (κ2) is 8.03. The fourth-order valence-corrected chi connectivity index (χ4v) is 2.76. The fourth-order valence-electron chi connectivity index (χ4n) is 2.76. The highest BCUT2D eigenvalue weighted by Crippen LogP contribution is 2.21. The van der Waals surface area contributed by atoms with Crippen LogP contribution in [0.5, 0.6) is 0 Å². The smallest absolute Gasteiger partial charge is 0.220 e. The van der Waals surface area contributed by atoms with Crippen molar-refractivity contribution in [1.82, 2.24) is 5.32 Å². The van der Waals surface area contributed by atoms with Gasteiger partial charge in [-0.05, 0) is 36.5 Å². The lowest BCUT2D eigenvalue weighted by atomic mass is 9.97. The first kappa shape index (κ1) is 15.8. The van der Waals surface area contributed by atoms with E-state index in [1.165, 1.54) is 25.7 Å². The minimum atomic E-state index is 0.0781. The molecule has 21 heavy (non-hydrogen) atoms. The molecule has 1 aliphatic carbocycles. The van der Waals surface area contributed by atoms with Gasteiger partial charge in [0.15, 0.2) is 0 Å². The van der Waals surface area contributed by atoms with Crippen LogP contribution in [0.3, 0.4) is 0 Å². The molecule has 1 aliphatic rings. The highest BCUT2D eigenvalue weighted by molar-refractivity contribution is 5.76. The summed E-state index contributed by atoms with van der Waals surface area (Å²) in [5.41, 5.74) is 7.56. The van der Waals surface area contributed by atoms with Crippen molar-refractivity contribution < 1.29 is 9.53 Å². The number of nitrogens with two attached hydrogens (primary N) is 1. The average Bonchev–Trinajstić information content (AvgIpc) is 2.97. The molecule has 1 saturated carbocycles. The zero-order valence-corrected chi connectivity index (χ0v) is 12.8. The SMILES string of the molecule is CC(CC(=O)NCCOC1CCCC1)c1ccc(N)cc1. The van der Waals surface area contributed by atoms with Gasteiger partial charge in [-0.15, -0.1) is 0 Å². The summed E-state index contributed by atoms with van der Waals surface area (Å²) >= 11 is 0. The molecule has 1 fully saturated rings. The van der Waals surface area contributed by atoms with Gasteiger partial charge in [-0.1, -0.05) is 31.9 Å². The van der Waals surface area contributed by atoms with Gasteiger partial charge in [-0.3, -0.25) is 4.79 Å². The molecule has 0 aliphatic heterocycles. The van der Waals surface area contributed by atoms with Gasteiger partial charge in [0, 0.05) is 18.7 Å². The Hall–Kier alpha value is -1.55. The molecule has 1 aromatic rings. The molecule has 1 unspecified atom stereocenters. The van der Waals surface area contributed by atoms with E-state index in [1.54, 1.807) is 0 Å². The van der Waals surface area contributed by atoms with E-state index in [2.05, 4.69) is 12.2 Å². The Labute approximate surface area is 127 Å². The third-order valence-corrected chi connectivity index (χ3v) is 4.08. The summed E-state index contributed by atoms with van der Waals surface area (Å²) in [4.78, 5) is 11.9. The van der Waals surface area contributed by atoms with Crippen molar-refractivity contribution in [3.05, 3.63) is 29.8 Å². The van der Waals surface area contributed by atoms with Crippen molar-refractivity contribution in [2.45, 2.75) is 51.0 Å². The first-order valence-electron chi connectivity index (χ1n) is 7.89. The summed E-state index contributed by atoms with van der Waals surface area (Å²) in [5, 5.41) is 2.93. The summed E-state index contributed by atoms with van der Waals surface area (Å²) in [6.07, 6.45) is 5.79. The minimum Gasteiger partial charge on any atom is -0.399 e. The largest absolute Gasteiger partial charge is 0.399 e. The van der Waals surface area contributed by atoms with E-state index in [-0.39, 0.29) is 11.8 Å². The minimum absolute atomic E-state index is 0.0781. The number of hydrogen-bond acceptors (Lipinski definition) is 3. The number of anilines is 1. The molecule has 2 rings (SSSR count). The molecule has 1 aromatic carbocycles. The molecule has 0 aromatic heterocycles. The Morgan fingerprint density at radius 1 is 1.33 bits per heavy atom. The normalized spacial score (nSPS) is 16.8. The summed E-state index contributed by atoms with van der Waals surface area (Å²) in [6.45, 7) is 3.27. The van der Waals surface area contributed by atoms with Gasteiger partial charge < -0.3 is 15.8 Å². The Kier molecular flexibility index (Phi) is 6.05. The average molecular weight is 290 g/mol. The van der Waals surface area contributed by atoms with Crippen LogP contribution in [0.15, 0.2) is 24.3 Å². The number of carbonyl (C=O) groups excluding carboxylic acids is 1. The topological polar surface area (TPSA) is 64.3 Å². The monoisotopic (exact) mass is 290 g/mol. The molecule has 0 saturated heterocycles.